The van der Waals surface area contributed by atoms with Gasteiger partial charge in [-0.25, -0.2) is 4.79 Å². The van der Waals surface area contributed by atoms with Gasteiger partial charge in [-0.15, -0.1) is 0 Å². The van der Waals surface area contributed by atoms with E-state index in [1.54, 1.807) is 18.2 Å². The zero-order chi connectivity index (χ0) is 17.1. The van der Waals surface area contributed by atoms with E-state index in [4.69, 9.17) is 4.74 Å². The lowest BCUT2D eigenvalue weighted by molar-refractivity contribution is 0.0697. The molecule has 1 aliphatic rings. The Morgan fingerprint density at radius 2 is 2.00 bits per heavy atom. The molecule has 0 aliphatic carbocycles. The van der Waals surface area contributed by atoms with Crippen molar-refractivity contribution in [2.45, 2.75) is 13.0 Å². The summed E-state index contributed by atoms with van der Waals surface area (Å²) in [5.74, 6) is -0.199. The lowest BCUT2D eigenvalue weighted by atomic mass is 9.92. The molecule has 4 nitrogen and oxygen atoms in total. The standard InChI is InChI=1S/C20H21NO3/c1-21(2)11-5-8-17-16-7-4-3-6-15(16)13-24-19-10-9-14(20(22)23)12-18(17)19/h3-4,6-10,12H,5,11,13H2,1-2H3,(H,22,23)/b17-8+. The van der Waals surface area contributed by atoms with Crippen molar-refractivity contribution >= 4 is 11.5 Å². The van der Waals surface area contributed by atoms with Gasteiger partial charge in [-0.1, -0.05) is 30.3 Å². The van der Waals surface area contributed by atoms with Crippen LogP contribution in [0.2, 0.25) is 0 Å². The SMILES string of the molecule is CN(C)CC/C=C1\c2ccccc2COc2ccc(C(=O)O)cc21. The Hall–Kier alpha value is -2.59. The van der Waals surface area contributed by atoms with Gasteiger partial charge in [0, 0.05) is 12.1 Å². The topological polar surface area (TPSA) is 49.8 Å². The lowest BCUT2D eigenvalue weighted by Gasteiger charge is -2.13. The Labute approximate surface area is 142 Å². The molecule has 0 saturated heterocycles. The Bertz CT molecular complexity index is 793. The molecule has 1 aliphatic heterocycles. The predicted molar refractivity (Wildman–Crippen MR) is 94.4 cm³/mol. The number of fused-ring (bicyclic) bond motifs is 2. The molecule has 0 radical (unpaired) electrons. The van der Waals surface area contributed by atoms with Gasteiger partial charge in [0.1, 0.15) is 12.4 Å². The van der Waals surface area contributed by atoms with Crippen molar-refractivity contribution in [3.63, 3.8) is 0 Å². The second-order valence-electron chi connectivity index (χ2n) is 6.17. The van der Waals surface area contributed by atoms with Gasteiger partial charge in [-0.05, 0) is 55.4 Å². The molecular formula is C20H21NO3. The fourth-order valence-corrected chi connectivity index (χ4v) is 2.90. The highest BCUT2D eigenvalue weighted by Crippen LogP contribution is 2.37. The van der Waals surface area contributed by atoms with Gasteiger partial charge in [0.15, 0.2) is 0 Å². The lowest BCUT2D eigenvalue weighted by Crippen LogP contribution is -2.12. The molecule has 0 fully saturated rings. The van der Waals surface area contributed by atoms with E-state index in [2.05, 4.69) is 23.1 Å². The highest BCUT2D eigenvalue weighted by Gasteiger charge is 2.20. The van der Waals surface area contributed by atoms with E-state index in [0.717, 1.165) is 41.0 Å². The van der Waals surface area contributed by atoms with E-state index in [1.807, 2.05) is 26.2 Å². The number of ether oxygens (including phenoxy) is 1. The third-order valence-electron chi connectivity index (χ3n) is 4.13. The summed E-state index contributed by atoms with van der Waals surface area (Å²) in [5, 5.41) is 9.32. The van der Waals surface area contributed by atoms with Crippen molar-refractivity contribution in [2.24, 2.45) is 0 Å². The number of benzene rings is 2. The first-order chi connectivity index (χ1) is 11.6. The average Bonchev–Trinajstić information content (AvgIpc) is 2.71. The number of aromatic carboxylic acids is 1. The molecule has 0 amide bonds. The summed E-state index contributed by atoms with van der Waals surface area (Å²) in [6.07, 6.45) is 3.06. The van der Waals surface area contributed by atoms with Gasteiger partial charge in [-0.3, -0.25) is 0 Å². The molecule has 124 valence electrons. The molecular weight excluding hydrogens is 302 g/mol. The summed E-state index contributed by atoms with van der Waals surface area (Å²) in [6.45, 7) is 1.42. The highest BCUT2D eigenvalue weighted by atomic mass is 16.5. The van der Waals surface area contributed by atoms with Crippen molar-refractivity contribution in [1.29, 1.82) is 0 Å². The van der Waals surface area contributed by atoms with E-state index in [-0.39, 0.29) is 5.56 Å². The van der Waals surface area contributed by atoms with Gasteiger partial charge >= 0.3 is 5.97 Å². The molecule has 0 spiro atoms. The van der Waals surface area contributed by atoms with Gasteiger partial charge in [0.2, 0.25) is 0 Å². The van der Waals surface area contributed by atoms with Crippen LogP contribution in [-0.2, 0) is 6.61 Å². The molecule has 1 heterocycles. The number of carboxylic acids is 1. The van der Waals surface area contributed by atoms with Crippen molar-refractivity contribution < 1.29 is 14.6 Å². The third kappa shape index (κ3) is 3.34. The highest BCUT2D eigenvalue weighted by molar-refractivity contribution is 5.92. The Balaban J connectivity index is 2.13. The first-order valence-electron chi connectivity index (χ1n) is 8.00. The molecule has 0 atom stereocenters. The van der Waals surface area contributed by atoms with Crippen LogP contribution in [0.4, 0.5) is 0 Å². The smallest absolute Gasteiger partial charge is 0.335 e. The molecule has 2 aromatic rings. The number of carbonyl (C=O) groups is 1. The minimum atomic E-state index is -0.928. The molecule has 2 aromatic carbocycles. The summed E-state index contributed by atoms with van der Waals surface area (Å²) in [5.41, 5.74) is 4.39. The minimum absolute atomic E-state index is 0.273. The molecule has 0 saturated carbocycles. The molecule has 0 unspecified atom stereocenters. The zero-order valence-electron chi connectivity index (χ0n) is 14.0. The summed E-state index contributed by atoms with van der Waals surface area (Å²) >= 11 is 0. The fourth-order valence-electron chi connectivity index (χ4n) is 2.90. The molecule has 3 rings (SSSR count). The summed E-state index contributed by atoms with van der Waals surface area (Å²) < 4.78 is 5.92. The van der Waals surface area contributed by atoms with E-state index < -0.39 is 5.97 Å². The van der Waals surface area contributed by atoms with Gasteiger partial charge in [-0.2, -0.15) is 0 Å². The Morgan fingerprint density at radius 1 is 1.21 bits per heavy atom. The van der Waals surface area contributed by atoms with Crippen LogP contribution in [0.1, 0.15) is 33.5 Å². The maximum absolute atomic E-state index is 11.4. The summed E-state index contributed by atoms with van der Waals surface area (Å²) in [7, 11) is 4.08. The predicted octanol–water partition coefficient (Wildman–Crippen LogP) is 3.66. The quantitative estimate of drug-likeness (QED) is 0.933. The van der Waals surface area contributed by atoms with Crippen LogP contribution in [0.5, 0.6) is 5.75 Å². The van der Waals surface area contributed by atoms with Crippen molar-refractivity contribution in [2.75, 3.05) is 20.6 Å². The van der Waals surface area contributed by atoms with Crippen LogP contribution < -0.4 is 4.74 Å². The van der Waals surface area contributed by atoms with Crippen LogP contribution in [0.15, 0.2) is 48.5 Å². The Kier molecular flexibility index (Phi) is 4.67. The number of nitrogens with zero attached hydrogens (tertiary/aromatic N) is 1. The van der Waals surface area contributed by atoms with E-state index in [0.29, 0.717) is 6.61 Å². The van der Waals surface area contributed by atoms with Gasteiger partial charge in [0.05, 0.1) is 5.56 Å². The van der Waals surface area contributed by atoms with Gasteiger partial charge < -0.3 is 14.7 Å². The van der Waals surface area contributed by atoms with Crippen molar-refractivity contribution in [3.8, 4) is 5.75 Å². The van der Waals surface area contributed by atoms with Crippen LogP contribution in [0, 0.1) is 0 Å². The normalized spacial score (nSPS) is 14.7. The molecule has 24 heavy (non-hydrogen) atoms. The monoisotopic (exact) mass is 323 g/mol. The molecule has 4 heteroatoms. The van der Waals surface area contributed by atoms with Crippen LogP contribution >= 0.6 is 0 Å². The first-order valence-corrected chi connectivity index (χ1v) is 8.00. The first kappa shape index (κ1) is 16.3. The van der Waals surface area contributed by atoms with Crippen LogP contribution in [0.3, 0.4) is 0 Å². The maximum Gasteiger partial charge on any atom is 0.335 e. The van der Waals surface area contributed by atoms with Crippen LogP contribution in [0.25, 0.3) is 5.57 Å². The largest absolute Gasteiger partial charge is 0.488 e. The summed E-state index contributed by atoms with van der Waals surface area (Å²) in [6, 6.07) is 13.2. The number of carboxylic acid groups (broad SMARTS) is 1. The zero-order valence-corrected chi connectivity index (χ0v) is 14.0. The maximum atomic E-state index is 11.4. The third-order valence-corrected chi connectivity index (χ3v) is 4.13. The second-order valence-corrected chi connectivity index (χ2v) is 6.17. The van der Waals surface area contributed by atoms with Crippen LogP contribution in [-0.4, -0.2) is 36.6 Å². The number of rotatable bonds is 4. The van der Waals surface area contributed by atoms with E-state index in [9.17, 15) is 9.90 Å². The van der Waals surface area contributed by atoms with E-state index >= 15 is 0 Å². The van der Waals surface area contributed by atoms with Gasteiger partial charge in [0.25, 0.3) is 0 Å². The van der Waals surface area contributed by atoms with E-state index in [1.165, 1.54) is 0 Å². The number of hydrogen-bond donors (Lipinski definition) is 1. The number of hydrogen-bond acceptors (Lipinski definition) is 3. The molecule has 0 aromatic heterocycles. The fraction of sp³-hybridized carbons (Fsp3) is 0.250. The van der Waals surface area contributed by atoms with Crippen molar-refractivity contribution in [3.05, 3.63) is 70.8 Å². The average molecular weight is 323 g/mol. The minimum Gasteiger partial charge on any atom is -0.488 e. The summed E-state index contributed by atoms with van der Waals surface area (Å²) in [4.78, 5) is 13.5. The molecule has 0 bridgehead atoms. The van der Waals surface area contributed by atoms with Crippen molar-refractivity contribution in [1.82, 2.24) is 4.90 Å². The Morgan fingerprint density at radius 3 is 2.75 bits per heavy atom. The molecule has 1 N–H and O–H groups in total. The second kappa shape index (κ2) is 6.89.